The largest absolute Gasteiger partial charge is 0.494 e. The van der Waals surface area contributed by atoms with E-state index in [0.29, 0.717) is 17.9 Å². The number of ether oxygens (including phenoxy) is 1. The van der Waals surface area contributed by atoms with Crippen molar-refractivity contribution in [3.63, 3.8) is 0 Å². The second-order valence-electron chi connectivity index (χ2n) is 5.75. The molecule has 0 fully saturated rings. The number of halogens is 1. The van der Waals surface area contributed by atoms with E-state index in [1.165, 1.54) is 49.9 Å². The lowest BCUT2D eigenvalue weighted by Gasteiger charge is -2.08. The molecule has 1 amide bonds. The van der Waals surface area contributed by atoms with Gasteiger partial charge in [0, 0.05) is 11.3 Å². The Morgan fingerprint density at radius 3 is 2.29 bits per heavy atom. The second kappa shape index (κ2) is 9.71. The van der Waals surface area contributed by atoms with Crippen LogP contribution in [0.5, 0.6) is 5.75 Å². The lowest BCUT2D eigenvalue weighted by atomic mass is 10.1. The molecular formula is C20H24FNO2. The lowest BCUT2D eigenvalue weighted by Crippen LogP contribution is -2.11. The predicted molar refractivity (Wildman–Crippen MR) is 95.0 cm³/mol. The zero-order valence-electron chi connectivity index (χ0n) is 14.1. The van der Waals surface area contributed by atoms with Crippen molar-refractivity contribution in [3.8, 4) is 5.75 Å². The van der Waals surface area contributed by atoms with Crippen LogP contribution in [-0.2, 0) is 0 Å². The molecule has 24 heavy (non-hydrogen) atoms. The van der Waals surface area contributed by atoms with Gasteiger partial charge < -0.3 is 10.1 Å². The van der Waals surface area contributed by atoms with Crippen molar-refractivity contribution in [1.82, 2.24) is 0 Å². The highest BCUT2D eigenvalue weighted by molar-refractivity contribution is 6.04. The van der Waals surface area contributed by atoms with Crippen LogP contribution in [0.4, 0.5) is 10.1 Å². The van der Waals surface area contributed by atoms with Gasteiger partial charge in [-0.1, -0.05) is 32.6 Å². The van der Waals surface area contributed by atoms with E-state index in [9.17, 15) is 9.18 Å². The first kappa shape index (κ1) is 18.0. The lowest BCUT2D eigenvalue weighted by molar-refractivity contribution is 0.102. The third kappa shape index (κ3) is 6.03. The molecule has 0 aliphatic rings. The van der Waals surface area contributed by atoms with Crippen molar-refractivity contribution >= 4 is 11.6 Å². The van der Waals surface area contributed by atoms with Gasteiger partial charge in [-0.05, 0) is 55.0 Å². The molecule has 0 bridgehead atoms. The predicted octanol–water partition coefficient (Wildman–Crippen LogP) is 5.43. The fraction of sp³-hybridized carbons (Fsp3) is 0.350. The van der Waals surface area contributed by atoms with E-state index in [4.69, 9.17) is 4.74 Å². The fourth-order valence-corrected chi connectivity index (χ4v) is 2.33. The number of carbonyl (C=O) groups is 1. The number of benzene rings is 2. The molecule has 0 saturated carbocycles. The summed E-state index contributed by atoms with van der Waals surface area (Å²) in [6, 6.07) is 12.7. The van der Waals surface area contributed by atoms with Crippen LogP contribution >= 0.6 is 0 Å². The van der Waals surface area contributed by atoms with E-state index < -0.39 is 0 Å². The van der Waals surface area contributed by atoms with Crippen LogP contribution in [0, 0.1) is 5.82 Å². The molecule has 0 saturated heterocycles. The monoisotopic (exact) mass is 329 g/mol. The minimum Gasteiger partial charge on any atom is -0.494 e. The molecule has 0 heterocycles. The smallest absolute Gasteiger partial charge is 0.255 e. The first-order valence-corrected chi connectivity index (χ1v) is 8.49. The normalized spacial score (nSPS) is 10.4. The number of nitrogens with one attached hydrogen (secondary N) is 1. The maximum atomic E-state index is 12.9. The summed E-state index contributed by atoms with van der Waals surface area (Å²) in [5.74, 6) is 0.209. The Bertz CT molecular complexity index is 623. The van der Waals surface area contributed by atoms with Crippen molar-refractivity contribution in [3.05, 3.63) is 59.9 Å². The van der Waals surface area contributed by atoms with Crippen LogP contribution in [0.15, 0.2) is 48.5 Å². The summed E-state index contributed by atoms with van der Waals surface area (Å²) in [7, 11) is 0. The van der Waals surface area contributed by atoms with Crippen molar-refractivity contribution in [2.24, 2.45) is 0 Å². The molecule has 0 radical (unpaired) electrons. The highest BCUT2D eigenvalue weighted by Gasteiger charge is 2.06. The number of anilines is 1. The van der Waals surface area contributed by atoms with Gasteiger partial charge in [0.2, 0.25) is 0 Å². The fourth-order valence-electron chi connectivity index (χ4n) is 2.33. The molecule has 0 aromatic heterocycles. The quantitative estimate of drug-likeness (QED) is 0.623. The summed E-state index contributed by atoms with van der Waals surface area (Å²) in [5.41, 5.74) is 1.10. The number of rotatable bonds is 9. The first-order chi connectivity index (χ1) is 11.7. The first-order valence-electron chi connectivity index (χ1n) is 8.49. The number of hydrogen-bond donors (Lipinski definition) is 1. The molecule has 0 unspecified atom stereocenters. The van der Waals surface area contributed by atoms with Crippen molar-refractivity contribution < 1.29 is 13.9 Å². The molecule has 2 rings (SSSR count). The van der Waals surface area contributed by atoms with E-state index in [-0.39, 0.29) is 11.7 Å². The molecule has 0 atom stereocenters. The van der Waals surface area contributed by atoms with Gasteiger partial charge in [0.1, 0.15) is 11.6 Å². The Balaban J connectivity index is 1.78. The summed E-state index contributed by atoms with van der Waals surface area (Å²) in [4.78, 5) is 12.1. The molecule has 2 aromatic rings. The molecule has 2 aromatic carbocycles. The van der Waals surface area contributed by atoms with Gasteiger partial charge in [-0.2, -0.15) is 0 Å². The van der Waals surface area contributed by atoms with Gasteiger partial charge in [-0.15, -0.1) is 0 Å². The van der Waals surface area contributed by atoms with Gasteiger partial charge in [-0.3, -0.25) is 4.79 Å². The van der Waals surface area contributed by atoms with E-state index in [1.807, 2.05) is 0 Å². The van der Waals surface area contributed by atoms with E-state index >= 15 is 0 Å². The molecule has 4 heteroatoms. The van der Waals surface area contributed by atoms with Crippen molar-refractivity contribution in [2.45, 2.75) is 39.0 Å². The van der Waals surface area contributed by atoms with Gasteiger partial charge >= 0.3 is 0 Å². The molecule has 3 nitrogen and oxygen atoms in total. The molecule has 128 valence electrons. The van der Waals surface area contributed by atoms with Gasteiger partial charge in [0.15, 0.2) is 0 Å². The molecule has 0 aliphatic heterocycles. The maximum Gasteiger partial charge on any atom is 0.255 e. The average Bonchev–Trinajstić information content (AvgIpc) is 2.60. The Hall–Kier alpha value is -2.36. The molecule has 1 N–H and O–H groups in total. The molecular weight excluding hydrogens is 305 g/mol. The summed E-state index contributed by atoms with van der Waals surface area (Å²) >= 11 is 0. The Labute approximate surface area is 142 Å². The number of unbranched alkanes of at least 4 members (excludes halogenated alkanes) is 4. The Kier molecular flexibility index (Phi) is 7.27. The number of amides is 1. The topological polar surface area (TPSA) is 38.3 Å². The van der Waals surface area contributed by atoms with E-state index in [2.05, 4.69) is 12.2 Å². The zero-order chi connectivity index (χ0) is 17.2. The van der Waals surface area contributed by atoms with Crippen LogP contribution in [-0.4, -0.2) is 12.5 Å². The van der Waals surface area contributed by atoms with Gasteiger partial charge in [0.25, 0.3) is 5.91 Å². The van der Waals surface area contributed by atoms with Crippen LogP contribution in [0.1, 0.15) is 49.4 Å². The van der Waals surface area contributed by atoms with Crippen LogP contribution in [0.3, 0.4) is 0 Å². The Morgan fingerprint density at radius 1 is 0.958 bits per heavy atom. The number of carbonyl (C=O) groups excluding carboxylic acids is 1. The molecule has 0 spiro atoms. The summed E-state index contributed by atoms with van der Waals surface area (Å²) in [5, 5.41) is 2.73. The maximum absolute atomic E-state index is 12.9. The van der Waals surface area contributed by atoms with Crippen molar-refractivity contribution in [2.75, 3.05) is 11.9 Å². The average molecular weight is 329 g/mol. The highest BCUT2D eigenvalue weighted by Crippen LogP contribution is 2.15. The van der Waals surface area contributed by atoms with Crippen LogP contribution in [0.2, 0.25) is 0 Å². The van der Waals surface area contributed by atoms with Crippen LogP contribution < -0.4 is 10.1 Å². The van der Waals surface area contributed by atoms with Gasteiger partial charge in [-0.25, -0.2) is 4.39 Å². The van der Waals surface area contributed by atoms with Crippen LogP contribution in [0.25, 0.3) is 0 Å². The van der Waals surface area contributed by atoms with Crippen molar-refractivity contribution in [1.29, 1.82) is 0 Å². The summed E-state index contributed by atoms with van der Waals surface area (Å²) < 4.78 is 18.5. The summed E-state index contributed by atoms with van der Waals surface area (Å²) in [6.07, 6.45) is 6.00. The molecule has 0 aliphatic carbocycles. The standard InChI is InChI=1S/C20H24FNO2/c1-2-3-4-5-6-15-24-19-13-7-16(8-14-19)20(23)22-18-11-9-17(21)10-12-18/h7-14H,2-6,15H2,1H3,(H,22,23). The van der Waals surface area contributed by atoms with Gasteiger partial charge in [0.05, 0.1) is 6.61 Å². The zero-order valence-corrected chi connectivity index (χ0v) is 14.1. The third-order valence-corrected chi connectivity index (χ3v) is 3.74. The Morgan fingerprint density at radius 2 is 1.62 bits per heavy atom. The SMILES string of the molecule is CCCCCCCOc1ccc(C(=O)Nc2ccc(F)cc2)cc1. The minimum absolute atomic E-state index is 0.229. The second-order valence-corrected chi connectivity index (χ2v) is 5.75. The van der Waals surface area contributed by atoms with E-state index in [1.54, 1.807) is 24.3 Å². The third-order valence-electron chi connectivity index (χ3n) is 3.74. The number of hydrogen-bond acceptors (Lipinski definition) is 2. The summed E-state index contributed by atoms with van der Waals surface area (Å²) in [6.45, 7) is 2.90. The minimum atomic E-state index is -0.329. The highest BCUT2D eigenvalue weighted by atomic mass is 19.1. The van der Waals surface area contributed by atoms with E-state index in [0.717, 1.165) is 12.2 Å².